The summed E-state index contributed by atoms with van der Waals surface area (Å²) in [5.41, 5.74) is 9.25. The molecule has 0 saturated carbocycles. The van der Waals surface area contributed by atoms with Crippen LogP contribution in [0.2, 0.25) is 0 Å². The zero-order valence-corrected chi connectivity index (χ0v) is 11.8. The number of anilines is 1. The largest absolute Gasteiger partial charge is 0.399 e. The molecule has 0 aliphatic carbocycles. The maximum Gasteiger partial charge on any atom is 0.172 e. The quantitative estimate of drug-likeness (QED) is 0.438. The number of imidazole rings is 1. The molecule has 0 radical (unpaired) electrons. The van der Waals surface area contributed by atoms with E-state index >= 15 is 0 Å². The Labute approximate surface area is 124 Å². The van der Waals surface area contributed by atoms with E-state index in [1.807, 2.05) is 42.5 Å². The summed E-state index contributed by atoms with van der Waals surface area (Å²) in [6.45, 7) is 0. The number of nitrogens with one attached hydrogen (secondary N) is 1. The van der Waals surface area contributed by atoms with Crippen molar-refractivity contribution in [1.29, 1.82) is 0 Å². The van der Waals surface area contributed by atoms with Gasteiger partial charge in [-0.15, -0.1) is 0 Å². The minimum Gasteiger partial charge on any atom is -0.399 e. The van der Waals surface area contributed by atoms with E-state index in [4.69, 9.17) is 5.73 Å². The van der Waals surface area contributed by atoms with Crippen LogP contribution in [0.1, 0.15) is 0 Å². The number of rotatable bonds is 2. The minimum absolute atomic E-state index is 0.718. The molecule has 0 saturated heterocycles. The van der Waals surface area contributed by atoms with Crippen molar-refractivity contribution in [3.8, 4) is 0 Å². The SMILES string of the molecule is Nc1ccc2nc(Sc3ncnc4ccccc34)[nH]c2c1. The summed E-state index contributed by atoms with van der Waals surface area (Å²) in [7, 11) is 0. The molecule has 3 N–H and O–H groups in total. The van der Waals surface area contributed by atoms with Crippen LogP contribution in [0.15, 0.2) is 59.0 Å². The standard InChI is InChI=1S/C15H11N5S/c16-9-5-6-12-13(7-9)20-15(19-12)21-14-10-3-1-2-4-11(10)17-8-18-14/h1-8H,16H2,(H,19,20). The van der Waals surface area contributed by atoms with Crippen LogP contribution in [0.3, 0.4) is 0 Å². The first kappa shape index (κ1) is 12.2. The normalized spacial score (nSPS) is 11.2. The number of fused-ring (bicyclic) bond motifs is 2. The molecule has 0 unspecified atom stereocenters. The van der Waals surface area contributed by atoms with Gasteiger partial charge in [0, 0.05) is 11.1 Å². The Bertz CT molecular complexity index is 942. The number of aromatic amines is 1. The Morgan fingerprint density at radius 2 is 1.90 bits per heavy atom. The highest BCUT2D eigenvalue weighted by Gasteiger charge is 2.09. The third kappa shape index (κ3) is 2.19. The van der Waals surface area contributed by atoms with Crippen LogP contribution in [-0.2, 0) is 0 Å². The molecule has 21 heavy (non-hydrogen) atoms. The van der Waals surface area contributed by atoms with E-state index in [1.54, 1.807) is 6.33 Å². The monoisotopic (exact) mass is 293 g/mol. The van der Waals surface area contributed by atoms with Crippen molar-refractivity contribution in [3.05, 3.63) is 48.8 Å². The maximum atomic E-state index is 5.78. The number of hydrogen-bond donors (Lipinski definition) is 2. The van der Waals surface area contributed by atoms with Gasteiger partial charge in [0.15, 0.2) is 5.16 Å². The molecule has 2 heterocycles. The van der Waals surface area contributed by atoms with Gasteiger partial charge < -0.3 is 10.7 Å². The van der Waals surface area contributed by atoms with E-state index in [0.29, 0.717) is 0 Å². The highest BCUT2D eigenvalue weighted by molar-refractivity contribution is 7.99. The summed E-state index contributed by atoms with van der Waals surface area (Å²) in [4.78, 5) is 16.4. The molecule has 0 fully saturated rings. The first-order chi connectivity index (χ1) is 10.3. The molecule has 0 aliphatic heterocycles. The molecule has 2 aromatic carbocycles. The highest BCUT2D eigenvalue weighted by atomic mass is 32.2. The lowest BCUT2D eigenvalue weighted by Gasteiger charge is -2.01. The van der Waals surface area contributed by atoms with E-state index < -0.39 is 0 Å². The molecule has 0 spiro atoms. The number of hydrogen-bond acceptors (Lipinski definition) is 5. The Kier molecular flexibility index (Phi) is 2.75. The molecule has 2 aromatic heterocycles. The first-order valence-electron chi connectivity index (χ1n) is 6.42. The Balaban J connectivity index is 1.79. The van der Waals surface area contributed by atoms with E-state index in [1.165, 1.54) is 11.8 Å². The van der Waals surface area contributed by atoms with Crippen molar-refractivity contribution in [2.24, 2.45) is 0 Å². The third-order valence-corrected chi connectivity index (χ3v) is 4.09. The summed E-state index contributed by atoms with van der Waals surface area (Å²) >= 11 is 1.49. The van der Waals surface area contributed by atoms with Crippen molar-refractivity contribution < 1.29 is 0 Å². The van der Waals surface area contributed by atoms with Crippen molar-refractivity contribution in [3.63, 3.8) is 0 Å². The Hall–Kier alpha value is -2.60. The third-order valence-electron chi connectivity index (χ3n) is 3.18. The first-order valence-corrected chi connectivity index (χ1v) is 7.24. The molecule has 6 heteroatoms. The van der Waals surface area contributed by atoms with Crippen LogP contribution in [-0.4, -0.2) is 19.9 Å². The Morgan fingerprint density at radius 1 is 1.00 bits per heavy atom. The number of benzene rings is 2. The van der Waals surface area contributed by atoms with Gasteiger partial charge in [-0.05, 0) is 36.0 Å². The molecule has 0 atom stereocenters. The van der Waals surface area contributed by atoms with E-state index in [0.717, 1.165) is 37.8 Å². The molecule has 4 aromatic rings. The van der Waals surface area contributed by atoms with E-state index in [-0.39, 0.29) is 0 Å². The van der Waals surface area contributed by atoms with Crippen molar-refractivity contribution in [2.75, 3.05) is 5.73 Å². The zero-order valence-electron chi connectivity index (χ0n) is 10.9. The average molecular weight is 293 g/mol. The van der Waals surface area contributed by atoms with Crippen LogP contribution < -0.4 is 5.73 Å². The van der Waals surface area contributed by atoms with Gasteiger partial charge in [-0.1, -0.05) is 18.2 Å². The number of aromatic nitrogens is 4. The lowest BCUT2D eigenvalue weighted by atomic mass is 10.2. The molecule has 0 aliphatic rings. The predicted molar refractivity (Wildman–Crippen MR) is 84.2 cm³/mol. The summed E-state index contributed by atoms with van der Waals surface area (Å²) in [6, 6.07) is 13.6. The van der Waals surface area contributed by atoms with E-state index in [2.05, 4.69) is 19.9 Å². The van der Waals surface area contributed by atoms with Gasteiger partial charge in [-0.25, -0.2) is 15.0 Å². The maximum absolute atomic E-state index is 5.78. The number of para-hydroxylation sites is 1. The fourth-order valence-corrected chi connectivity index (χ4v) is 3.08. The van der Waals surface area contributed by atoms with Crippen molar-refractivity contribution in [2.45, 2.75) is 10.2 Å². The zero-order chi connectivity index (χ0) is 14.2. The summed E-state index contributed by atoms with van der Waals surface area (Å²) < 4.78 is 0. The second kappa shape index (κ2) is 4.75. The summed E-state index contributed by atoms with van der Waals surface area (Å²) in [6.07, 6.45) is 1.57. The number of nitrogens with zero attached hydrogens (tertiary/aromatic N) is 3. The van der Waals surface area contributed by atoms with Gasteiger partial charge in [0.25, 0.3) is 0 Å². The fourth-order valence-electron chi connectivity index (χ4n) is 2.21. The van der Waals surface area contributed by atoms with E-state index in [9.17, 15) is 0 Å². The van der Waals surface area contributed by atoms with Crippen LogP contribution in [0.4, 0.5) is 5.69 Å². The van der Waals surface area contributed by atoms with Gasteiger partial charge >= 0.3 is 0 Å². The van der Waals surface area contributed by atoms with Crippen LogP contribution in [0, 0.1) is 0 Å². The molecule has 4 rings (SSSR count). The second-order valence-corrected chi connectivity index (χ2v) is 5.59. The lowest BCUT2D eigenvalue weighted by Crippen LogP contribution is -1.86. The molecular weight excluding hydrogens is 282 g/mol. The van der Waals surface area contributed by atoms with Crippen LogP contribution in [0.5, 0.6) is 0 Å². The summed E-state index contributed by atoms with van der Waals surface area (Å²) in [5.74, 6) is 0. The number of nitrogen functional groups attached to an aromatic ring is 1. The lowest BCUT2D eigenvalue weighted by molar-refractivity contribution is 1.05. The molecule has 0 amide bonds. The number of H-pyrrole nitrogens is 1. The van der Waals surface area contributed by atoms with Gasteiger partial charge in [-0.2, -0.15) is 0 Å². The molecule has 0 bridgehead atoms. The van der Waals surface area contributed by atoms with Crippen LogP contribution >= 0.6 is 11.8 Å². The van der Waals surface area contributed by atoms with Crippen molar-refractivity contribution >= 4 is 39.4 Å². The fraction of sp³-hybridized carbons (Fsp3) is 0. The van der Waals surface area contributed by atoms with Gasteiger partial charge in [0.05, 0.1) is 16.6 Å². The Morgan fingerprint density at radius 3 is 2.86 bits per heavy atom. The highest BCUT2D eigenvalue weighted by Crippen LogP contribution is 2.30. The average Bonchev–Trinajstić information content (AvgIpc) is 2.89. The molecule has 102 valence electrons. The van der Waals surface area contributed by atoms with Gasteiger partial charge in [-0.3, -0.25) is 0 Å². The molecular formula is C15H11N5S. The topological polar surface area (TPSA) is 80.5 Å². The molecule has 5 nitrogen and oxygen atoms in total. The van der Waals surface area contributed by atoms with Gasteiger partial charge in [0.2, 0.25) is 0 Å². The minimum atomic E-state index is 0.718. The van der Waals surface area contributed by atoms with Gasteiger partial charge in [0.1, 0.15) is 11.4 Å². The predicted octanol–water partition coefficient (Wildman–Crippen LogP) is 3.24. The summed E-state index contributed by atoms with van der Waals surface area (Å²) in [5, 5.41) is 2.69. The second-order valence-electron chi connectivity index (χ2n) is 4.62. The smallest absolute Gasteiger partial charge is 0.172 e. The number of nitrogens with two attached hydrogens (primary N) is 1. The van der Waals surface area contributed by atoms with Crippen LogP contribution in [0.25, 0.3) is 21.9 Å². The van der Waals surface area contributed by atoms with Crippen molar-refractivity contribution in [1.82, 2.24) is 19.9 Å².